The molecule has 0 saturated heterocycles. The number of fused-ring (bicyclic) bond motifs is 9. The minimum absolute atomic E-state index is 0.00332. The average Bonchev–Trinajstić information content (AvgIpc) is 1.65. The average molecular weight is 1950 g/mol. The number of benzene rings is 9. The molecule has 0 aliphatic carbocycles. The van der Waals surface area contributed by atoms with Crippen molar-refractivity contribution in [3.8, 4) is 48.6 Å². The van der Waals surface area contributed by atoms with E-state index in [-0.39, 0.29) is 225 Å². The van der Waals surface area contributed by atoms with Crippen LogP contribution in [-0.2, 0) is 12.4 Å². The predicted molar refractivity (Wildman–Crippen MR) is 509 cm³/mol. The second-order valence-corrected chi connectivity index (χ2v) is 32.7. The van der Waals surface area contributed by atoms with E-state index in [0.717, 1.165) is 23.3 Å². The zero-order valence-corrected chi connectivity index (χ0v) is 76.7. The molecule has 9 aliphatic rings. The van der Waals surface area contributed by atoms with Crippen molar-refractivity contribution in [2.75, 3.05) is 0 Å². The molecular weight excluding hydrogens is 1900 g/mol. The number of rotatable bonds is 9. The summed E-state index contributed by atoms with van der Waals surface area (Å²) in [5, 5.41) is 87.9. The van der Waals surface area contributed by atoms with Crippen LogP contribution in [0.2, 0.25) is 0 Å². The summed E-state index contributed by atoms with van der Waals surface area (Å²) in [7, 11) is 0. The van der Waals surface area contributed by atoms with Crippen LogP contribution < -0.4 is 96.4 Å². The highest BCUT2D eigenvalue weighted by Crippen LogP contribution is 2.39. The van der Waals surface area contributed by atoms with E-state index in [1.54, 1.807) is 67.6 Å². The molecule has 3 aromatic heterocycles. The first-order valence-electron chi connectivity index (χ1n) is 43.4. The summed E-state index contributed by atoms with van der Waals surface area (Å²) in [5.41, 5.74) is 0.803. The Hall–Kier alpha value is -23.1. The molecule has 12 heterocycles. The summed E-state index contributed by atoms with van der Waals surface area (Å²) in [4.78, 5) is 115. The van der Waals surface area contributed by atoms with Gasteiger partial charge in [0.15, 0.2) is 63.8 Å². The van der Waals surface area contributed by atoms with E-state index in [1.165, 1.54) is 74.5 Å². The number of nitrogens with zero attached hydrogens (tertiary/aromatic N) is 35. The number of nitriles is 8. The molecule has 0 amide bonds. The number of pyridine rings is 3. The van der Waals surface area contributed by atoms with Crippen LogP contribution in [-0.4, -0.2) is 15.0 Å². The minimum Gasteiger partial charge on any atom is -0.259 e. The standard InChI is InChI=1S/C38H20F6N10.C38H11N15.C32H14N10/c1-16-6-26-27(7-17(16)2)51-35(50-26)22(15-46)25-10-20(21(14-45)34-49-28-8-18(3)23(37(39,40)41)12-30(28)52-34)11-32(48-25)33(47-5)36-53-29-9-19(4)24(38(42,43)44)13-31(29)54-36;1-18-6-28-29(9-20(18)14-39)49-36(48-28)22(16-41)19-7-25(23(17-42)37-50-32-12-26(44-3)27(45-4)13-33(32)51-37)47-34(8-19)35(46-5)38-52-30-10-21(15-40)24(43-2)11-31(30)53-38;1-35-29(32-41-25-12-6-7-13-26(25)42-32)28-15-18(19(16-33)30-37-21-8-2-3-9-22(21)38-30)14-27(36-28)20(17-34)31-39-23-10-4-5-11-24(23)40-31/h6-13H,1-4H3;6-13H,1H3;2-15H/b34-21-,36-33+;36-22-,38-35-;. The molecule has 0 N–H and O–H groups in total. The van der Waals surface area contributed by atoms with E-state index in [0.29, 0.717) is 70.3 Å². The zero-order chi connectivity index (χ0) is 105. The molecule has 21 rings (SSSR count). The van der Waals surface area contributed by atoms with Gasteiger partial charge >= 0.3 is 12.4 Å². The lowest BCUT2D eigenvalue weighted by molar-refractivity contribution is -0.139. The molecule has 149 heavy (non-hydrogen) atoms. The van der Waals surface area contributed by atoms with Crippen LogP contribution in [0, 0.1) is 165 Å². The number of aromatic nitrogens is 3. The van der Waals surface area contributed by atoms with Crippen molar-refractivity contribution in [2.45, 2.75) is 47.0 Å². The van der Waals surface area contributed by atoms with E-state index in [2.05, 4.69) is 164 Å². The van der Waals surface area contributed by atoms with Crippen LogP contribution >= 0.6 is 0 Å². The van der Waals surface area contributed by atoms with Gasteiger partial charge in [-0.1, -0.05) is 36.4 Å². The number of halogens is 6. The first kappa shape index (κ1) is 94.9. The molecule has 9 aromatic carbocycles. The molecule has 12 aromatic rings. The maximum Gasteiger partial charge on any atom is 0.416 e. The monoisotopic (exact) mass is 1950 g/mol. The lowest BCUT2D eigenvalue weighted by Gasteiger charge is -2.09. The number of hydrogen-bond donors (Lipinski definition) is 0. The van der Waals surface area contributed by atoms with E-state index in [4.69, 9.17) is 39.4 Å². The molecule has 0 atom stereocenters. The Morgan fingerprint density at radius 2 is 0.450 bits per heavy atom. The van der Waals surface area contributed by atoms with E-state index < -0.39 is 23.5 Å². The van der Waals surface area contributed by atoms with Crippen LogP contribution in [0.3, 0.4) is 0 Å². The topological polar surface area (TPSA) is 478 Å². The van der Waals surface area contributed by atoms with Gasteiger partial charge in [-0.15, -0.1) is 0 Å². The van der Waals surface area contributed by atoms with Crippen LogP contribution in [0.5, 0.6) is 0 Å². The molecule has 0 fully saturated rings. The summed E-state index contributed by atoms with van der Waals surface area (Å²) in [6, 6.07) is 63.6. The molecule has 41 heteroatoms. The molecule has 0 spiro atoms. The predicted octanol–water partition coefficient (Wildman–Crippen LogP) is 10.6. The Morgan fingerprint density at radius 1 is 0.235 bits per heavy atom. The van der Waals surface area contributed by atoms with Crippen molar-refractivity contribution in [2.24, 2.45) is 89.9 Å². The highest BCUT2D eigenvalue weighted by molar-refractivity contribution is 5.90. The first-order valence-corrected chi connectivity index (χ1v) is 43.4. The second-order valence-electron chi connectivity index (χ2n) is 32.7. The van der Waals surface area contributed by atoms with Gasteiger partial charge in [-0.25, -0.2) is 109 Å². The molecular formula is C108H45F6N35. The number of alkyl halides is 6. The summed E-state index contributed by atoms with van der Waals surface area (Å²) in [5.74, 6) is -0.115. The lowest BCUT2D eigenvalue weighted by atomic mass is 10.0. The molecule has 0 bridgehead atoms. The second kappa shape index (κ2) is 37.9. The Balaban J connectivity index is 0.000000142. The van der Waals surface area contributed by atoms with Crippen molar-refractivity contribution < 1.29 is 26.3 Å². The molecule has 0 saturated carbocycles. The smallest absolute Gasteiger partial charge is 0.259 e. The maximum atomic E-state index is 13.7. The molecule has 694 valence electrons. The summed E-state index contributed by atoms with van der Waals surface area (Å²) >= 11 is 0. The molecule has 0 unspecified atom stereocenters. The van der Waals surface area contributed by atoms with Crippen LogP contribution in [0.4, 0.5) is 43.4 Å². The molecule has 9 aliphatic heterocycles. The number of para-hydroxylation sites is 6. The van der Waals surface area contributed by atoms with Gasteiger partial charge in [0.1, 0.15) is 69.9 Å². The Kier molecular flexibility index (Phi) is 24.1. The van der Waals surface area contributed by atoms with Gasteiger partial charge in [0.25, 0.3) is 17.1 Å². The van der Waals surface area contributed by atoms with Crippen molar-refractivity contribution >= 4 is 67.6 Å². The van der Waals surface area contributed by atoms with Gasteiger partial charge in [-0.2, -0.15) is 68.4 Å². The van der Waals surface area contributed by atoms with Crippen molar-refractivity contribution in [3.05, 3.63) is 500 Å². The van der Waals surface area contributed by atoms with E-state index in [9.17, 15) is 68.4 Å². The van der Waals surface area contributed by atoms with Crippen LogP contribution in [0.25, 0.3) is 79.6 Å². The van der Waals surface area contributed by atoms with E-state index in [1.807, 2.05) is 80.6 Å². The number of aryl methyl sites for hydroxylation is 5. The highest BCUT2D eigenvalue weighted by atomic mass is 19.4. The fraction of sp³-hybridized carbons (Fsp3) is 0.0648. The normalized spacial score (nSPS) is 14.5. The van der Waals surface area contributed by atoms with Gasteiger partial charge in [-0.3, -0.25) is 24.6 Å². The minimum atomic E-state index is -4.67. The number of hydrogen-bond acceptors (Lipinski definition) is 29. The Labute approximate surface area is 832 Å². The van der Waals surface area contributed by atoms with Crippen molar-refractivity contribution in [1.82, 2.24) is 15.0 Å². The fourth-order valence-electron chi connectivity index (χ4n) is 16.2. The third kappa shape index (κ3) is 17.8. The summed E-state index contributed by atoms with van der Waals surface area (Å²) in [6.45, 7) is 54.5. The van der Waals surface area contributed by atoms with Gasteiger partial charge in [0.05, 0.1) is 204 Å². The Bertz CT molecular complexity index is 9940. The number of allylic oxidation sites excluding steroid dienone is 6. The Morgan fingerprint density at radius 3 is 0.711 bits per heavy atom. The maximum absolute atomic E-state index is 13.7. The van der Waals surface area contributed by atoms with Gasteiger partial charge in [-0.05, 0) is 225 Å². The highest BCUT2D eigenvalue weighted by Gasteiger charge is 2.36. The quantitative estimate of drug-likeness (QED) is 0.0742. The van der Waals surface area contributed by atoms with Gasteiger partial charge in [0, 0.05) is 0 Å². The first-order chi connectivity index (χ1) is 71.9. The van der Waals surface area contributed by atoms with Gasteiger partial charge in [0.2, 0.25) is 5.69 Å². The SMILES string of the molecule is [C-]#[N+]/C(=C1/N=c2cc(C#N)c([N+]#[C-])cc2=N1)c1cc(/C(C#N)=C2/N=c3cc(C)c(C#N)cc3=N2)cc(C(C#N)=C2N=c3cc([N+]#[C-])c([N+]#[C-])cc3=N2)n1.[C-]#[N+]/C(=C1\N=c2cc(C)c(C(F)(F)F)cc2=N1)c1cc(/C(C#N)=C2/N=c3cc(C)c(C(F)(F)F)cc3=N2)cc(C(C#N)=C2N=c3cc(C)c(C)cc3=N2)n1.[C-]#[N+]C(=C1N=c2ccccc2=N1)c1cc(C(C#N)=C2N=c3ccccc3=N2)cc(C(C#N)=C2N=c3ccccc3=N2)n1. The van der Waals surface area contributed by atoms with Gasteiger partial charge < -0.3 is 0 Å². The third-order valence-electron chi connectivity index (χ3n) is 23.5. The summed E-state index contributed by atoms with van der Waals surface area (Å²) in [6.07, 6.45) is -9.34. The van der Waals surface area contributed by atoms with Crippen molar-refractivity contribution in [3.63, 3.8) is 0 Å². The molecule has 0 radical (unpaired) electrons. The zero-order valence-electron chi connectivity index (χ0n) is 76.7. The third-order valence-corrected chi connectivity index (χ3v) is 23.5. The lowest BCUT2D eigenvalue weighted by Crippen LogP contribution is -2.25. The van der Waals surface area contributed by atoms with Crippen LogP contribution in [0.1, 0.15) is 101 Å². The van der Waals surface area contributed by atoms with E-state index >= 15 is 0 Å². The largest absolute Gasteiger partial charge is 0.416 e. The fourth-order valence-corrected chi connectivity index (χ4v) is 16.2. The molecule has 35 nitrogen and oxygen atoms in total. The summed E-state index contributed by atoms with van der Waals surface area (Å²) < 4.78 is 82.1. The van der Waals surface area contributed by atoms with Crippen LogP contribution in [0.15, 0.2) is 324 Å². The van der Waals surface area contributed by atoms with Crippen molar-refractivity contribution in [1.29, 1.82) is 42.1 Å².